The molecule has 128 valence electrons. The molecule has 0 spiro atoms. The van der Waals surface area contributed by atoms with E-state index >= 15 is 0 Å². The second-order valence-corrected chi connectivity index (χ2v) is 5.91. The number of hydrogen-bond donors (Lipinski definition) is 0. The molecule has 25 heavy (non-hydrogen) atoms. The average Bonchev–Trinajstić information content (AvgIpc) is 2.58. The fourth-order valence-corrected chi connectivity index (χ4v) is 2.65. The lowest BCUT2D eigenvalue weighted by Crippen LogP contribution is -2.09. The predicted octanol–water partition coefficient (Wildman–Crippen LogP) is 4.50. The molecule has 6 heteroatoms. The number of carbonyl (C=O) groups excluding carboxylic acids is 1. The molecule has 0 aliphatic rings. The van der Waals surface area contributed by atoms with Crippen LogP contribution in [-0.4, -0.2) is 5.97 Å². The van der Waals surface area contributed by atoms with Crippen LogP contribution in [-0.2, 0) is 17.8 Å². The van der Waals surface area contributed by atoms with Gasteiger partial charge >= 0.3 is 11.6 Å². The number of benzene rings is 2. The summed E-state index contributed by atoms with van der Waals surface area (Å²) >= 11 is 5.66. The van der Waals surface area contributed by atoms with E-state index in [-0.39, 0.29) is 17.2 Å². The SMILES string of the molecule is CCc1ccc2c(COC(=O)c3ccc(Cl)cc3F)cc(=O)oc2c1. The maximum Gasteiger partial charge on any atom is 0.341 e. The molecule has 0 atom stereocenters. The summed E-state index contributed by atoms with van der Waals surface area (Å²) < 4.78 is 24.1. The molecular weight excluding hydrogens is 347 g/mol. The van der Waals surface area contributed by atoms with E-state index in [2.05, 4.69) is 0 Å². The lowest BCUT2D eigenvalue weighted by atomic mass is 10.1. The summed E-state index contributed by atoms with van der Waals surface area (Å²) in [7, 11) is 0. The Morgan fingerprint density at radius 3 is 2.72 bits per heavy atom. The molecule has 0 fully saturated rings. The zero-order valence-corrected chi connectivity index (χ0v) is 14.1. The first-order valence-electron chi connectivity index (χ1n) is 7.65. The predicted molar refractivity (Wildman–Crippen MR) is 92.4 cm³/mol. The molecule has 1 aromatic heterocycles. The Labute approximate surface area is 147 Å². The van der Waals surface area contributed by atoms with E-state index in [1.165, 1.54) is 18.2 Å². The third-order valence-electron chi connectivity index (χ3n) is 3.81. The van der Waals surface area contributed by atoms with Gasteiger partial charge in [0.15, 0.2) is 0 Å². The highest BCUT2D eigenvalue weighted by Crippen LogP contribution is 2.21. The third kappa shape index (κ3) is 3.72. The number of aryl methyl sites for hydroxylation is 1. The van der Waals surface area contributed by atoms with Crippen molar-refractivity contribution in [2.24, 2.45) is 0 Å². The Kier molecular flexibility index (Phi) is 4.86. The van der Waals surface area contributed by atoms with Crippen LogP contribution in [0.25, 0.3) is 11.0 Å². The van der Waals surface area contributed by atoms with E-state index in [9.17, 15) is 14.0 Å². The van der Waals surface area contributed by atoms with E-state index < -0.39 is 17.4 Å². The van der Waals surface area contributed by atoms with Crippen molar-refractivity contribution in [3.8, 4) is 0 Å². The molecule has 0 N–H and O–H groups in total. The minimum absolute atomic E-state index is 0.172. The summed E-state index contributed by atoms with van der Waals surface area (Å²) in [5.74, 6) is -1.59. The molecule has 4 nitrogen and oxygen atoms in total. The van der Waals surface area contributed by atoms with Gasteiger partial charge in [-0.15, -0.1) is 0 Å². The van der Waals surface area contributed by atoms with Crippen molar-refractivity contribution in [2.75, 3.05) is 0 Å². The van der Waals surface area contributed by atoms with E-state index in [0.717, 1.165) is 18.1 Å². The van der Waals surface area contributed by atoms with Crippen molar-refractivity contribution in [3.63, 3.8) is 0 Å². The maximum absolute atomic E-state index is 13.8. The van der Waals surface area contributed by atoms with Gasteiger partial charge in [0, 0.05) is 22.0 Å². The van der Waals surface area contributed by atoms with Crippen molar-refractivity contribution in [2.45, 2.75) is 20.0 Å². The first-order valence-corrected chi connectivity index (χ1v) is 8.03. The quantitative estimate of drug-likeness (QED) is 0.507. The van der Waals surface area contributed by atoms with Crippen molar-refractivity contribution in [3.05, 3.63) is 80.4 Å². The molecule has 2 aromatic carbocycles. The van der Waals surface area contributed by atoms with Crippen LogP contribution in [0.1, 0.15) is 28.4 Å². The number of hydrogen-bond acceptors (Lipinski definition) is 4. The highest BCUT2D eigenvalue weighted by atomic mass is 35.5. The number of fused-ring (bicyclic) bond motifs is 1. The molecule has 0 bridgehead atoms. The Morgan fingerprint density at radius 1 is 1.20 bits per heavy atom. The van der Waals surface area contributed by atoms with Crippen LogP contribution < -0.4 is 5.63 Å². The van der Waals surface area contributed by atoms with E-state index in [1.54, 1.807) is 6.07 Å². The average molecular weight is 361 g/mol. The topological polar surface area (TPSA) is 56.5 Å². The lowest BCUT2D eigenvalue weighted by molar-refractivity contribution is 0.0468. The smallest absolute Gasteiger partial charge is 0.341 e. The summed E-state index contributed by atoms with van der Waals surface area (Å²) in [6, 6.07) is 10.5. The van der Waals surface area contributed by atoms with Crippen molar-refractivity contribution in [1.29, 1.82) is 0 Å². The van der Waals surface area contributed by atoms with Crippen LogP contribution in [0.4, 0.5) is 4.39 Å². The molecule has 0 aliphatic carbocycles. The van der Waals surface area contributed by atoms with Crippen LogP contribution in [0.5, 0.6) is 0 Å². The van der Waals surface area contributed by atoms with Gasteiger partial charge in [0.2, 0.25) is 0 Å². The van der Waals surface area contributed by atoms with Gasteiger partial charge in [-0.25, -0.2) is 14.0 Å². The Bertz CT molecular complexity index is 1010. The molecule has 0 unspecified atom stereocenters. The summed E-state index contributed by atoms with van der Waals surface area (Å²) in [6.07, 6.45) is 0.800. The molecule has 3 aromatic rings. The fourth-order valence-electron chi connectivity index (χ4n) is 2.49. The third-order valence-corrected chi connectivity index (χ3v) is 4.05. The molecule has 1 heterocycles. The number of halogens is 2. The first kappa shape index (κ1) is 17.2. The van der Waals surface area contributed by atoms with Gasteiger partial charge in [0.25, 0.3) is 0 Å². The largest absolute Gasteiger partial charge is 0.457 e. The summed E-state index contributed by atoms with van der Waals surface area (Å²) in [4.78, 5) is 23.8. The summed E-state index contributed by atoms with van der Waals surface area (Å²) in [5, 5.41) is 0.855. The number of carbonyl (C=O) groups is 1. The molecule has 0 amide bonds. The molecule has 3 rings (SSSR count). The Morgan fingerprint density at radius 2 is 2.00 bits per heavy atom. The maximum atomic E-state index is 13.8. The van der Waals surface area contributed by atoms with Crippen molar-refractivity contribution in [1.82, 2.24) is 0 Å². The van der Waals surface area contributed by atoms with Crippen molar-refractivity contribution >= 4 is 28.5 Å². The van der Waals surface area contributed by atoms with Gasteiger partial charge in [0.1, 0.15) is 18.0 Å². The van der Waals surface area contributed by atoms with Gasteiger partial charge in [0.05, 0.1) is 5.56 Å². The number of esters is 1. The van der Waals surface area contributed by atoms with E-state index in [1.807, 2.05) is 19.1 Å². The Balaban J connectivity index is 1.88. The summed E-state index contributed by atoms with van der Waals surface area (Å²) in [5.41, 5.74) is 1.19. The van der Waals surface area contributed by atoms with Gasteiger partial charge in [-0.3, -0.25) is 0 Å². The van der Waals surface area contributed by atoms with Crippen molar-refractivity contribution < 1.29 is 18.3 Å². The van der Waals surface area contributed by atoms with Gasteiger partial charge in [-0.2, -0.15) is 0 Å². The lowest BCUT2D eigenvalue weighted by Gasteiger charge is -2.08. The zero-order chi connectivity index (χ0) is 18.0. The fraction of sp³-hybridized carbons (Fsp3) is 0.158. The van der Waals surface area contributed by atoms with Crippen LogP contribution in [0.3, 0.4) is 0 Å². The van der Waals surface area contributed by atoms with Crippen LogP contribution >= 0.6 is 11.6 Å². The monoisotopic (exact) mass is 360 g/mol. The Hall–Kier alpha value is -2.66. The number of rotatable bonds is 4. The standard InChI is InChI=1S/C19H14ClFO4/c1-2-11-3-5-14-12(8-18(22)25-17(14)7-11)10-24-19(23)15-6-4-13(20)9-16(15)21/h3-9H,2,10H2,1H3. The van der Waals surface area contributed by atoms with Crippen LogP contribution in [0.15, 0.2) is 51.7 Å². The minimum Gasteiger partial charge on any atom is -0.457 e. The zero-order valence-electron chi connectivity index (χ0n) is 13.3. The molecular formula is C19H14ClFO4. The molecule has 0 saturated carbocycles. The normalized spacial score (nSPS) is 10.8. The summed E-state index contributed by atoms with van der Waals surface area (Å²) in [6.45, 7) is 1.82. The second-order valence-electron chi connectivity index (χ2n) is 5.48. The van der Waals surface area contributed by atoms with E-state index in [4.69, 9.17) is 20.8 Å². The van der Waals surface area contributed by atoms with Crippen LogP contribution in [0.2, 0.25) is 5.02 Å². The van der Waals surface area contributed by atoms with Gasteiger partial charge < -0.3 is 9.15 Å². The molecule has 0 radical (unpaired) electrons. The number of ether oxygens (including phenoxy) is 1. The second kappa shape index (κ2) is 7.07. The van der Waals surface area contributed by atoms with Gasteiger partial charge in [-0.05, 0) is 36.2 Å². The van der Waals surface area contributed by atoms with Gasteiger partial charge in [-0.1, -0.05) is 30.7 Å². The first-order chi connectivity index (χ1) is 12.0. The van der Waals surface area contributed by atoms with E-state index in [0.29, 0.717) is 16.5 Å². The highest BCUT2D eigenvalue weighted by molar-refractivity contribution is 6.30. The molecule has 0 saturated heterocycles. The minimum atomic E-state index is -0.833. The molecule has 0 aliphatic heterocycles. The van der Waals surface area contributed by atoms with Crippen LogP contribution in [0, 0.1) is 5.82 Å². The highest BCUT2D eigenvalue weighted by Gasteiger charge is 2.15.